The summed E-state index contributed by atoms with van der Waals surface area (Å²) in [5.74, 6) is -0.0216. The van der Waals surface area contributed by atoms with Gasteiger partial charge in [0.25, 0.3) is 0 Å². The molecule has 0 aliphatic rings. The summed E-state index contributed by atoms with van der Waals surface area (Å²) in [5.41, 5.74) is 3.35. The van der Waals surface area contributed by atoms with Crippen LogP contribution in [0.5, 0.6) is 0 Å². The van der Waals surface area contributed by atoms with Crippen LogP contribution in [0, 0.1) is 19.7 Å². The second-order valence-corrected chi connectivity index (χ2v) is 6.49. The SMILES string of the molecule is Cc1onc(-c2ccccc2)c1C(=O)OCc1noc(-c2ccc(F)cc2)c1C. The normalized spacial score (nSPS) is 10.9. The molecule has 0 fully saturated rings. The Morgan fingerprint density at radius 2 is 1.69 bits per heavy atom. The maximum absolute atomic E-state index is 13.1. The lowest BCUT2D eigenvalue weighted by molar-refractivity contribution is 0.0462. The lowest BCUT2D eigenvalue weighted by atomic mass is 10.1. The summed E-state index contributed by atoms with van der Waals surface area (Å²) in [4.78, 5) is 12.7. The largest absolute Gasteiger partial charge is 0.455 e. The molecular weight excluding hydrogens is 375 g/mol. The molecule has 146 valence electrons. The fourth-order valence-corrected chi connectivity index (χ4v) is 2.99. The molecule has 4 rings (SSSR count). The van der Waals surface area contributed by atoms with E-state index in [1.807, 2.05) is 30.3 Å². The number of esters is 1. The first-order valence-corrected chi connectivity index (χ1v) is 8.94. The van der Waals surface area contributed by atoms with Crippen LogP contribution in [0.4, 0.5) is 4.39 Å². The van der Waals surface area contributed by atoms with Gasteiger partial charge in [-0.2, -0.15) is 0 Å². The van der Waals surface area contributed by atoms with Crippen molar-refractivity contribution < 1.29 is 23.0 Å². The van der Waals surface area contributed by atoms with Crippen molar-refractivity contribution in [3.8, 4) is 22.6 Å². The molecule has 0 unspecified atom stereocenters. The molecule has 0 radical (unpaired) electrons. The van der Waals surface area contributed by atoms with Gasteiger partial charge in [-0.15, -0.1) is 0 Å². The number of hydrogen-bond acceptors (Lipinski definition) is 6. The summed E-state index contributed by atoms with van der Waals surface area (Å²) >= 11 is 0. The smallest absolute Gasteiger partial charge is 0.344 e. The third-order valence-corrected chi connectivity index (χ3v) is 4.58. The van der Waals surface area contributed by atoms with Crippen LogP contribution in [-0.4, -0.2) is 16.3 Å². The van der Waals surface area contributed by atoms with Crippen LogP contribution in [-0.2, 0) is 11.3 Å². The molecule has 2 aromatic heterocycles. The second kappa shape index (κ2) is 7.71. The quantitative estimate of drug-likeness (QED) is 0.439. The van der Waals surface area contributed by atoms with Gasteiger partial charge in [-0.1, -0.05) is 40.6 Å². The zero-order chi connectivity index (χ0) is 20.4. The number of hydrogen-bond donors (Lipinski definition) is 0. The standard InChI is InChI=1S/C22H17FN2O4/c1-13-18(24-29-21(13)16-8-10-17(23)11-9-16)12-27-22(26)19-14(2)28-25-20(19)15-6-4-3-5-7-15/h3-11H,12H2,1-2H3. The summed E-state index contributed by atoms with van der Waals surface area (Å²) in [6, 6.07) is 15.1. The number of aryl methyl sites for hydroxylation is 1. The fraction of sp³-hybridized carbons (Fsp3) is 0.136. The van der Waals surface area contributed by atoms with Gasteiger partial charge in [0.05, 0.1) is 0 Å². The summed E-state index contributed by atoms with van der Waals surface area (Å²) in [6.45, 7) is 3.39. The number of carbonyl (C=O) groups excluding carboxylic acids is 1. The number of ether oxygens (including phenoxy) is 1. The van der Waals surface area contributed by atoms with Crippen molar-refractivity contribution in [1.82, 2.24) is 10.3 Å². The van der Waals surface area contributed by atoms with Crippen LogP contribution in [0.15, 0.2) is 63.6 Å². The molecule has 0 amide bonds. The third-order valence-electron chi connectivity index (χ3n) is 4.58. The van der Waals surface area contributed by atoms with Crippen LogP contribution in [0.3, 0.4) is 0 Å². The van der Waals surface area contributed by atoms with E-state index in [1.165, 1.54) is 12.1 Å². The molecule has 7 heteroatoms. The molecule has 0 atom stereocenters. The molecule has 29 heavy (non-hydrogen) atoms. The zero-order valence-electron chi connectivity index (χ0n) is 15.8. The highest BCUT2D eigenvalue weighted by Crippen LogP contribution is 2.28. The number of nitrogens with zero attached hydrogens (tertiary/aromatic N) is 2. The molecule has 6 nitrogen and oxygen atoms in total. The Hall–Kier alpha value is -3.74. The van der Waals surface area contributed by atoms with Crippen molar-refractivity contribution in [2.75, 3.05) is 0 Å². The summed E-state index contributed by atoms with van der Waals surface area (Å²) < 4.78 is 29.1. The van der Waals surface area contributed by atoms with E-state index < -0.39 is 5.97 Å². The minimum atomic E-state index is -0.562. The molecule has 4 aromatic rings. The molecule has 0 saturated heterocycles. The Morgan fingerprint density at radius 3 is 2.41 bits per heavy atom. The zero-order valence-corrected chi connectivity index (χ0v) is 15.8. The van der Waals surface area contributed by atoms with Crippen LogP contribution < -0.4 is 0 Å². The molecule has 0 aliphatic carbocycles. The van der Waals surface area contributed by atoms with Crippen molar-refractivity contribution in [3.63, 3.8) is 0 Å². The van der Waals surface area contributed by atoms with Crippen LogP contribution in [0.2, 0.25) is 0 Å². The number of halogens is 1. The Bertz CT molecular complexity index is 1150. The highest BCUT2D eigenvalue weighted by molar-refractivity contribution is 5.97. The van der Waals surface area contributed by atoms with Crippen molar-refractivity contribution in [3.05, 3.63) is 83.0 Å². The maximum atomic E-state index is 13.1. The average molecular weight is 392 g/mol. The predicted molar refractivity (Wildman–Crippen MR) is 102 cm³/mol. The van der Waals surface area contributed by atoms with E-state index in [1.54, 1.807) is 26.0 Å². The Labute approximate surface area is 165 Å². The van der Waals surface area contributed by atoms with Gasteiger partial charge in [0.2, 0.25) is 0 Å². The van der Waals surface area contributed by atoms with E-state index >= 15 is 0 Å². The van der Waals surface area contributed by atoms with Crippen LogP contribution in [0.1, 0.15) is 27.4 Å². The van der Waals surface area contributed by atoms with Gasteiger partial charge in [-0.05, 0) is 38.1 Å². The van der Waals surface area contributed by atoms with Crippen LogP contribution >= 0.6 is 0 Å². The number of aromatic nitrogens is 2. The first-order valence-electron chi connectivity index (χ1n) is 8.94. The average Bonchev–Trinajstić information content (AvgIpc) is 3.30. The second-order valence-electron chi connectivity index (χ2n) is 6.49. The number of benzene rings is 2. The van der Waals surface area contributed by atoms with Gasteiger partial charge < -0.3 is 13.8 Å². The summed E-state index contributed by atoms with van der Waals surface area (Å²) in [5, 5.41) is 7.98. The molecule has 2 aromatic carbocycles. The molecule has 0 aliphatic heterocycles. The van der Waals surface area contributed by atoms with Gasteiger partial charge in [0, 0.05) is 16.7 Å². The van der Waals surface area contributed by atoms with Crippen molar-refractivity contribution in [2.45, 2.75) is 20.5 Å². The lowest BCUT2D eigenvalue weighted by Crippen LogP contribution is -2.08. The number of carbonyl (C=O) groups is 1. The van der Waals surface area contributed by atoms with E-state index in [9.17, 15) is 9.18 Å². The van der Waals surface area contributed by atoms with Gasteiger partial charge in [0.1, 0.15) is 35.1 Å². The molecule has 0 N–H and O–H groups in total. The Morgan fingerprint density at radius 1 is 0.966 bits per heavy atom. The van der Waals surface area contributed by atoms with Gasteiger partial charge >= 0.3 is 5.97 Å². The van der Waals surface area contributed by atoms with Crippen molar-refractivity contribution >= 4 is 5.97 Å². The Kier molecular flexibility index (Phi) is 4.95. The van der Waals surface area contributed by atoms with Gasteiger partial charge in [0.15, 0.2) is 5.76 Å². The molecule has 0 saturated carbocycles. The van der Waals surface area contributed by atoms with Gasteiger partial charge in [-0.3, -0.25) is 0 Å². The Balaban J connectivity index is 1.53. The van der Waals surface area contributed by atoms with E-state index in [0.717, 1.165) is 11.1 Å². The van der Waals surface area contributed by atoms with Gasteiger partial charge in [-0.25, -0.2) is 9.18 Å². The van der Waals surface area contributed by atoms with E-state index in [2.05, 4.69) is 10.3 Å². The highest BCUT2D eigenvalue weighted by atomic mass is 19.1. The van der Waals surface area contributed by atoms with Crippen molar-refractivity contribution in [2.24, 2.45) is 0 Å². The van der Waals surface area contributed by atoms with Crippen LogP contribution in [0.25, 0.3) is 22.6 Å². The third kappa shape index (κ3) is 3.67. The first kappa shape index (κ1) is 18.6. The van der Waals surface area contributed by atoms with E-state index in [0.29, 0.717) is 28.5 Å². The van der Waals surface area contributed by atoms with E-state index in [-0.39, 0.29) is 18.0 Å². The van der Waals surface area contributed by atoms with E-state index in [4.69, 9.17) is 13.8 Å². The highest BCUT2D eigenvalue weighted by Gasteiger charge is 2.24. The molecule has 0 bridgehead atoms. The lowest BCUT2D eigenvalue weighted by Gasteiger charge is -2.04. The van der Waals surface area contributed by atoms with Crippen molar-refractivity contribution in [1.29, 1.82) is 0 Å². The topological polar surface area (TPSA) is 78.4 Å². The predicted octanol–water partition coefficient (Wildman–Crippen LogP) is 5.11. The molecular formula is C22H17FN2O4. The monoisotopic (exact) mass is 392 g/mol. The summed E-state index contributed by atoms with van der Waals surface area (Å²) in [6.07, 6.45) is 0. The number of rotatable bonds is 5. The minimum Gasteiger partial charge on any atom is -0.455 e. The fourth-order valence-electron chi connectivity index (χ4n) is 2.99. The maximum Gasteiger partial charge on any atom is 0.344 e. The first-order chi connectivity index (χ1) is 14.0. The molecule has 2 heterocycles. The minimum absolute atomic E-state index is 0.0752. The summed E-state index contributed by atoms with van der Waals surface area (Å²) in [7, 11) is 0. The molecule has 0 spiro atoms.